The molecule has 6 heteroatoms. The summed E-state index contributed by atoms with van der Waals surface area (Å²) in [6.07, 6.45) is 7.26. The van der Waals surface area contributed by atoms with Gasteiger partial charge in [0.2, 0.25) is 5.91 Å². The Morgan fingerprint density at radius 1 is 1.38 bits per heavy atom. The molecule has 2 fully saturated rings. The third-order valence-corrected chi connectivity index (χ3v) is 6.93. The molecule has 2 heterocycles. The molecule has 1 aliphatic heterocycles. The molecule has 0 aromatic carbocycles. The number of hydrogen-bond donors (Lipinski definition) is 1. The molecular formula is C20H34N4O2. The minimum Gasteiger partial charge on any atom is -0.378 e. The van der Waals surface area contributed by atoms with Crippen molar-refractivity contribution in [1.29, 1.82) is 0 Å². The quantitative estimate of drug-likeness (QED) is 0.808. The van der Waals surface area contributed by atoms with Crippen molar-refractivity contribution in [3.05, 3.63) is 18.0 Å². The van der Waals surface area contributed by atoms with E-state index >= 15 is 0 Å². The molecule has 146 valence electrons. The van der Waals surface area contributed by atoms with E-state index in [2.05, 4.69) is 31.2 Å². The highest BCUT2D eigenvalue weighted by atomic mass is 16.5. The Kier molecular flexibility index (Phi) is 5.72. The van der Waals surface area contributed by atoms with Gasteiger partial charge in [-0.1, -0.05) is 13.8 Å². The van der Waals surface area contributed by atoms with Gasteiger partial charge in [-0.2, -0.15) is 5.10 Å². The van der Waals surface area contributed by atoms with Crippen LogP contribution in [0.1, 0.15) is 51.5 Å². The van der Waals surface area contributed by atoms with Gasteiger partial charge in [0.15, 0.2) is 0 Å². The molecule has 1 aromatic rings. The molecule has 26 heavy (non-hydrogen) atoms. The van der Waals surface area contributed by atoms with Gasteiger partial charge in [-0.15, -0.1) is 0 Å². The number of nitrogens with one attached hydrogen (secondary N) is 1. The lowest BCUT2D eigenvalue weighted by Crippen LogP contribution is -2.65. The number of carbonyl (C=O) groups excluding carboxylic acids is 1. The molecule has 1 aliphatic carbocycles. The van der Waals surface area contributed by atoms with Crippen LogP contribution in [0.25, 0.3) is 0 Å². The smallest absolute Gasteiger partial charge is 0.227 e. The summed E-state index contributed by atoms with van der Waals surface area (Å²) in [5.41, 5.74) is 1.25. The van der Waals surface area contributed by atoms with Crippen LogP contribution in [0, 0.1) is 11.3 Å². The fourth-order valence-electron chi connectivity index (χ4n) is 5.22. The Morgan fingerprint density at radius 3 is 2.69 bits per heavy atom. The zero-order chi connectivity index (χ0) is 18.9. The summed E-state index contributed by atoms with van der Waals surface area (Å²) < 4.78 is 7.81. The van der Waals surface area contributed by atoms with E-state index in [1.807, 2.05) is 36.1 Å². The van der Waals surface area contributed by atoms with Crippen LogP contribution in [0.4, 0.5) is 0 Å². The van der Waals surface area contributed by atoms with Gasteiger partial charge in [-0.25, -0.2) is 0 Å². The normalized spacial score (nSPS) is 30.2. The molecule has 2 unspecified atom stereocenters. The molecule has 4 atom stereocenters. The molecule has 6 nitrogen and oxygen atoms in total. The molecule has 1 aromatic heterocycles. The van der Waals surface area contributed by atoms with Gasteiger partial charge < -0.3 is 15.0 Å². The zero-order valence-corrected chi connectivity index (χ0v) is 16.9. The number of rotatable bonds is 7. The number of carbonyl (C=O) groups is 1. The Hall–Kier alpha value is -1.40. The van der Waals surface area contributed by atoms with Gasteiger partial charge in [-0.3, -0.25) is 9.48 Å². The van der Waals surface area contributed by atoms with Crippen LogP contribution >= 0.6 is 0 Å². The average molecular weight is 363 g/mol. The first-order valence-electron chi connectivity index (χ1n) is 10.1. The highest BCUT2D eigenvalue weighted by Gasteiger charge is 2.56. The summed E-state index contributed by atoms with van der Waals surface area (Å²) in [5, 5.41) is 7.70. The summed E-state index contributed by atoms with van der Waals surface area (Å²) in [7, 11) is 3.92. The fraction of sp³-hybridized carbons (Fsp3) is 0.800. The van der Waals surface area contributed by atoms with Crippen LogP contribution in [0.5, 0.6) is 0 Å². The lowest BCUT2D eigenvalue weighted by Gasteiger charge is -2.58. The van der Waals surface area contributed by atoms with E-state index in [0.29, 0.717) is 0 Å². The van der Waals surface area contributed by atoms with E-state index in [-0.39, 0.29) is 35.3 Å². The van der Waals surface area contributed by atoms with Crippen LogP contribution in [0.15, 0.2) is 12.4 Å². The van der Waals surface area contributed by atoms with Crippen LogP contribution in [0.3, 0.4) is 0 Å². The van der Waals surface area contributed by atoms with E-state index in [4.69, 9.17) is 4.74 Å². The molecular weight excluding hydrogens is 328 g/mol. The molecule has 0 radical (unpaired) electrons. The van der Waals surface area contributed by atoms with Gasteiger partial charge in [0.1, 0.15) is 0 Å². The lowest BCUT2D eigenvalue weighted by atomic mass is 9.58. The van der Waals surface area contributed by atoms with Crippen LogP contribution in [-0.4, -0.2) is 59.5 Å². The van der Waals surface area contributed by atoms with Crippen LogP contribution in [0.2, 0.25) is 0 Å². The first kappa shape index (κ1) is 19.4. The number of aromatic nitrogens is 2. The first-order chi connectivity index (χ1) is 12.5. The number of ether oxygens (including phenoxy) is 1. The van der Waals surface area contributed by atoms with Crippen molar-refractivity contribution in [2.45, 2.75) is 58.1 Å². The predicted octanol–water partition coefficient (Wildman–Crippen LogP) is 2.17. The van der Waals surface area contributed by atoms with Crippen LogP contribution in [-0.2, 0) is 16.6 Å². The summed E-state index contributed by atoms with van der Waals surface area (Å²) in [6.45, 7) is 8.85. The maximum absolute atomic E-state index is 13.4. The minimum atomic E-state index is -0.0123. The summed E-state index contributed by atoms with van der Waals surface area (Å²) in [5.74, 6) is 0.455. The predicted molar refractivity (Wildman–Crippen MR) is 102 cm³/mol. The summed E-state index contributed by atoms with van der Waals surface area (Å²) >= 11 is 0. The van der Waals surface area contributed by atoms with Crippen LogP contribution < -0.4 is 5.32 Å². The van der Waals surface area contributed by atoms with Crippen molar-refractivity contribution in [3.8, 4) is 0 Å². The highest BCUT2D eigenvalue weighted by molar-refractivity contribution is 5.81. The molecule has 0 bridgehead atoms. The van der Waals surface area contributed by atoms with E-state index < -0.39 is 0 Å². The molecule has 1 N–H and O–H groups in total. The Bertz CT molecular complexity index is 625. The Morgan fingerprint density at radius 2 is 2.12 bits per heavy atom. The van der Waals surface area contributed by atoms with E-state index in [1.54, 1.807) is 0 Å². The molecule has 1 amide bonds. The van der Waals surface area contributed by atoms with E-state index in [0.717, 1.165) is 44.5 Å². The topological polar surface area (TPSA) is 59.4 Å². The van der Waals surface area contributed by atoms with E-state index in [1.165, 1.54) is 0 Å². The minimum absolute atomic E-state index is 0.0123. The van der Waals surface area contributed by atoms with Gasteiger partial charge in [-0.05, 0) is 31.7 Å². The van der Waals surface area contributed by atoms with Crippen molar-refractivity contribution in [2.24, 2.45) is 18.4 Å². The largest absolute Gasteiger partial charge is 0.378 e. The second-order valence-electron chi connectivity index (χ2n) is 7.90. The Balaban J connectivity index is 1.74. The molecule has 1 saturated carbocycles. The molecule has 0 spiro atoms. The zero-order valence-electron chi connectivity index (χ0n) is 16.9. The summed E-state index contributed by atoms with van der Waals surface area (Å²) in [4.78, 5) is 15.4. The van der Waals surface area contributed by atoms with Gasteiger partial charge in [0.05, 0.1) is 18.2 Å². The summed E-state index contributed by atoms with van der Waals surface area (Å²) in [6, 6.07) is 0.275. The number of aryl methyl sites for hydroxylation is 1. The first-order valence-corrected chi connectivity index (χ1v) is 10.1. The van der Waals surface area contributed by atoms with Gasteiger partial charge in [0.25, 0.3) is 0 Å². The number of nitrogens with zero attached hydrogens (tertiary/aromatic N) is 3. The third kappa shape index (κ3) is 3.07. The molecule has 2 aliphatic rings. The lowest BCUT2D eigenvalue weighted by molar-refractivity contribution is -0.179. The second kappa shape index (κ2) is 7.69. The van der Waals surface area contributed by atoms with Gasteiger partial charge >= 0.3 is 0 Å². The molecule has 1 saturated heterocycles. The third-order valence-electron chi connectivity index (χ3n) is 6.93. The Labute approximate surface area is 157 Å². The maximum Gasteiger partial charge on any atom is 0.227 e. The fourth-order valence-corrected chi connectivity index (χ4v) is 5.22. The van der Waals surface area contributed by atoms with Crippen molar-refractivity contribution >= 4 is 5.91 Å². The van der Waals surface area contributed by atoms with Gasteiger partial charge in [0, 0.05) is 57.4 Å². The number of amides is 1. The monoisotopic (exact) mass is 362 g/mol. The second-order valence-corrected chi connectivity index (χ2v) is 7.90. The highest BCUT2D eigenvalue weighted by Crippen LogP contribution is 2.51. The SMILES string of the molecule is CCOC1CC(N(C)C(=O)[C@H]2CNC[C@@H]2c2cnn(C)c2)C1(CC)CC. The standard InChI is InChI=1S/C20H34N4O2/c1-6-20(7-2)17(9-18(20)26-8-3)24(5)19(25)16-12-21-11-15(16)14-10-22-23(4)13-14/h10,13,15-18,21H,6-9,11-12H2,1-5H3/t15-,16+,17?,18?/m1/s1. The average Bonchev–Trinajstić information content (AvgIpc) is 3.27. The number of hydrogen-bond acceptors (Lipinski definition) is 4. The van der Waals surface area contributed by atoms with Crippen molar-refractivity contribution in [2.75, 3.05) is 26.7 Å². The van der Waals surface area contributed by atoms with Crippen molar-refractivity contribution in [3.63, 3.8) is 0 Å². The molecule has 3 rings (SSSR count). The maximum atomic E-state index is 13.4. The van der Waals surface area contributed by atoms with E-state index in [9.17, 15) is 4.79 Å². The van der Waals surface area contributed by atoms with Crippen molar-refractivity contribution in [1.82, 2.24) is 20.0 Å². The van der Waals surface area contributed by atoms with Crippen molar-refractivity contribution < 1.29 is 9.53 Å².